The molecule has 0 spiro atoms. The zero-order valence-electron chi connectivity index (χ0n) is 10.9. The number of anilines is 1. The van der Waals surface area contributed by atoms with E-state index in [-0.39, 0.29) is 0 Å². The second-order valence-electron chi connectivity index (χ2n) is 4.67. The summed E-state index contributed by atoms with van der Waals surface area (Å²) in [7, 11) is 2.01. The van der Waals surface area contributed by atoms with Crippen molar-refractivity contribution >= 4 is 5.69 Å². The Kier molecular flexibility index (Phi) is 4.40. The number of nitrogens with one attached hydrogen (secondary N) is 2. The highest BCUT2D eigenvalue weighted by atomic mass is 15.2. The van der Waals surface area contributed by atoms with Crippen molar-refractivity contribution in [2.24, 2.45) is 0 Å². The number of likely N-dealkylation sites (N-methyl/N-ethyl adjacent to an activating group) is 1. The maximum Gasteiger partial charge on any atom is 0.0369 e. The van der Waals surface area contributed by atoms with Gasteiger partial charge in [0.25, 0.3) is 0 Å². The number of hydrogen-bond acceptors (Lipinski definition) is 3. The highest BCUT2D eigenvalue weighted by Gasteiger charge is 2.18. The molecule has 1 saturated heterocycles. The quantitative estimate of drug-likeness (QED) is 0.819. The first-order valence-corrected chi connectivity index (χ1v) is 6.55. The van der Waals surface area contributed by atoms with Crippen molar-refractivity contribution in [3.63, 3.8) is 0 Å². The van der Waals surface area contributed by atoms with Crippen molar-refractivity contribution < 1.29 is 0 Å². The normalized spacial score (nSPS) is 20.6. The lowest BCUT2D eigenvalue weighted by molar-refractivity contribution is 0.443. The summed E-state index contributed by atoms with van der Waals surface area (Å²) in [6, 6.07) is 9.54. The predicted octanol–water partition coefficient (Wildman–Crippen LogP) is 1.25. The number of hydrogen-bond donors (Lipinski definition) is 2. The van der Waals surface area contributed by atoms with Crippen LogP contribution < -0.4 is 15.5 Å². The molecule has 17 heavy (non-hydrogen) atoms. The van der Waals surface area contributed by atoms with E-state index in [2.05, 4.69) is 46.7 Å². The molecule has 1 aliphatic heterocycles. The van der Waals surface area contributed by atoms with Gasteiger partial charge in [-0.25, -0.2) is 0 Å². The van der Waals surface area contributed by atoms with Crippen LogP contribution in [0.5, 0.6) is 0 Å². The zero-order chi connectivity index (χ0) is 12.1. The van der Waals surface area contributed by atoms with Crippen molar-refractivity contribution in [3.05, 3.63) is 29.8 Å². The van der Waals surface area contributed by atoms with E-state index in [0.29, 0.717) is 6.04 Å². The lowest BCUT2D eigenvalue weighted by Crippen LogP contribution is -2.54. The Morgan fingerprint density at radius 1 is 1.35 bits per heavy atom. The highest BCUT2D eigenvalue weighted by Crippen LogP contribution is 2.17. The van der Waals surface area contributed by atoms with Crippen LogP contribution in [0.15, 0.2) is 24.3 Å². The average molecular weight is 233 g/mol. The van der Waals surface area contributed by atoms with Crippen LogP contribution in [0.1, 0.15) is 12.5 Å². The Balaban J connectivity index is 2.00. The first-order valence-electron chi connectivity index (χ1n) is 6.55. The van der Waals surface area contributed by atoms with Crippen LogP contribution >= 0.6 is 0 Å². The minimum atomic E-state index is 0.555. The largest absolute Gasteiger partial charge is 0.369 e. The van der Waals surface area contributed by atoms with Gasteiger partial charge in [-0.05, 0) is 31.2 Å². The fourth-order valence-corrected chi connectivity index (χ4v) is 2.39. The Labute approximate surface area is 104 Å². The number of nitrogens with zero attached hydrogens (tertiary/aromatic N) is 1. The summed E-state index contributed by atoms with van der Waals surface area (Å²) in [4.78, 5) is 2.47. The van der Waals surface area contributed by atoms with Crippen LogP contribution in [0.3, 0.4) is 0 Å². The van der Waals surface area contributed by atoms with Crippen LogP contribution in [0, 0.1) is 0 Å². The molecule has 1 aromatic rings. The van der Waals surface area contributed by atoms with Crippen LogP contribution in [-0.4, -0.2) is 39.3 Å². The molecule has 1 unspecified atom stereocenters. The van der Waals surface area contributed by atoms with Gasteiger partial charge in [0.1, 0.15) is 0 Å². The molecule has 0 aliphatic carbocycles. The minimum Gasteiger partial charge on any atom is -0.369 e. The Morgan fingerprint density at radius 3 is 2.76 bits per heavy atom. The summed E-state index contributed by atoms with van der Waals surface area (Å²) in [6.07, 6.45) is 1.12. The van der Waals surface area contributed by atoms with Gasteiger partial charge in [0.05, 0.1) is 0 Å². The maximum atomic E-state index is 3.54. The SMILES string of the molecule is CCc1ccc(N2CCNC(CNC)C2)cc1. The van der Waals surface area contributed by atoms with Crippen molar-refractivity contribution in [2.45, 2.75) is 19.4 Å². The van der Waals surface area contributed by atoms with Crippen LogP contribution in [0.4, 0.5) is 5.69 Å². The average Bonchev–Trinajstić information content (AvgIpc) is 2.40. The van der Waals surface area contributed by atoms with E-state index in [4.69, 9.17) is 0 Å². The summed E-state index contributed by atoms with van der Waals surface area (Å²) in [5.74, 6) is 0. The molecule has 94 valence electrons. The predicted molar refractivity (Wildman–Crippen MR) is 73.8 cm³/mol. The maximum absolute atomic E-state index is 3.54. The lowest BCUT2D eigenvalue weighted by Gasteiger charge is -2.35. The van der Waals surface area contributed by atoms with Crippen LogP contribution in [0.2, 0.25) is 0 Å². The van der Waals surface area contributed by atoms with Crippen LogP contribution in [0.25, 0.3) is 0 Å². The summed E-state index contributed by atoms with van der Waals surface area (Å²) in [6.45, 7) is 6.49. The third kappa shape index (κ3) is 3.20. The summed E-state index contributed by atoms with van der Waals surface area (Å²) < 4.78 is 0. The molecule has 0 radical (unpaired) electrons. The molecule has 1 atom stereocenters. The first kappa shape index (κ1) is 12.4. The molecule has 0 saturated carbocycles. The van der Waals surface area contributed by atoms with Crippen molar-refractivity contribution in [3.8, 4) is 0 Å². The number of piperazine rings is 1. The van der Waals surface area contributed by atoms with E-state index in [1.165, 1.54) is 11.3 Å². The van der Waals surface area contributed by atoms with Gasteiger partial charge in [-0.1, -0.05) is 19.1 Å². The molecule has 1 aliphatic rings. The molecule has 1 heterocycles. The summed E-state index contributed by atoms with van der Waals surface area (Å²) in [5.41, 5.74) is 2.76. The summed E-state index contributed by atoms with van der Waals surface area (Å²) >= 11 is 0. The minimum absolute atomic E-state index is 0.555. The number of rotatable bonds is 4. The lowest BCUT2D eigenvalue weighted by atomic mass is 10.1. The van der Waals surface area contributed by atoms with Gasteiger partial charge in [-0.2, -0.15) is 0 Å². The molecule has 1 fully saturated rings. The van der Waals surface area contributed by atoms with Crippen molar-refractivity contribution in [1.82, 2.24) is 10.6 Å². The van der Waals surface area contributed by atoms with Gasteiger partial charge < -0.3 is 15.5 Å². The molecule has 0 aromatic heterocycles. The van der Waals surface area contributed by atoms with E-state index >= 15 is 0 Å². The standard InChI is InChI=1S/C14H23N3/c1-3-12-4-6-14(7-5-12)17-9-8-16-13(11-17)10-15-2/h4-7,13,15-16H,3,8-11H2,1-2H3. The summed E-state index contributed by atoms with van der Waals surface area (Å²) in [5, 5.41) is 6.78. The fourth-order valence-electron chi connectivity index (χ4n) is 2.39. The van der Waals surface area contributed by atoms with E-state index < -0.39 is 0 Å². The fraction of sp³-hybridized carbons (Fsp3) is 0.571. The monoisotopic (exact) mass is 233 g/mol. The Bertz CT molecular complexity index is 332. The third-order valence-corrected chi connectivity index (χ3v) is 3.42. The first-order chi connectivity index (χ1) is 8.33. The van der Waals surface area contributed by atoms with Gasteiger partial charge in [0.15, 0.2) is 0 Å². The second-order valence-corrected chi connectivity index (χ2v) is 4.67. The highest BCUT2D eigenvalue weighted by molar-refractivity contribution is 5.48. The number of benzene rings is 1. The molecule has 3 heteroatoms. The van der Waals surface area contributed by atoms with E-state index in [9.17, 15) is 0 Å². The van der Waals surface area contributed by atoms with Crippen molar-refractivity contribution in [2.75, 3.05) is 38.1 Å². The molecular formula is C14H23N3. The number of aryl methyl sites for hydroxylation is 1. The molecule has 0 amide bonds. The van der Waals surface area contributed by atoms with E-state index in [1.54, 1.807) is 0 Å². The molecule has 2 N–H and O–H groups in total. The zero-order valence-corrected chi connectivity index (χ0v) is 10.9. The molecular weight excluding hydrogens is 210 g/mol. The molecule has 2 rings (SSSR count). The van der Waals surface area contributed by atoms with Gasteiger partial charge >= 0.3 is 0 Å². The van der Waals surface area contributed by atoms with Gasteiger partial charge in [-0.3, -0.25) is 0 Å². The molecule has 3 nitrogen and oxygen atoms in total. The van der Waals surface area contributed by atoms with Gasteiger partial charge in [0, 0.05) is 37.9 Å². The smallest absolute Gasteiger partial charge is 0.0369 e. The Hall–Kier alpha value is -1.06. The van der Waals surface area contributed by atoms with Gasteiger partial charge in [-0.15, -0.1) is 0 Å². The second kappa shape index (κ2) is 6.03. The van der Waals surface area contributed by atoms with Gasteiger partial charge in [0.2, 0.25) is 0 Å². The van der Waals surface area contributed by atoms with E-state index in [1.807, 2.05) is 7.05 Å². The van der Waals surface area contributed by atoms with Crippen LogP contribution in [-0.2, 0) is 6.42 Å². The molecule has 0 bridgehead atoms. The Morgan fingerprint density at radius 2 is 2.12 bits per heavy atom. The topological polar surface area (TPSA) is 27.3 Å². The molecule has 1 aromatic carbocycles. The van der Waals surface area contributed by atoms with E-state index in [0.717, 1.165) is 32.6 Å². The van der Waals surface area contributed by atoms with Crippen molar-refractivity contribution in [1.29, 1.82) is 0 Å². The third-order valence-electron chi connectivity index (χ3n) is 3.42.